The summed E-state index contributed by atoms with van der Waals surface area (Å²) in [5.74, 6) is -0.277. The summed E-state index contributed by atoms with van der Waals surface area (Å²) in [6, 6.07) is 22.9. The van der Waals surface area contributed by atoms with Crippen LogP contribution in [-0.4, -0.2) is 87.5 Å². The molecule has 0 bridgehead atoms. The number of sulfonamides is 2. The van der Waals surface area contributed by atoms with E-state index in [1.165, 1.54) is 24.1 Å². The molecule has 0 spiro atoms. The van der Waals surface area contributed by atoms with Gasteiger partial charge in [0.2, 0.25) is 20.0 Å². The molecular weight excluding hydrogens is 917 g/mol. The summed E-state index contributed by atoms with van der Waals surface area (Å²) in [5.41, 5.74) is 5.12. The molecule has 6 heterocycles. The van der Waals surface area contributed by atoms with Crippen molar-refractivity contribution >= 4 is 75.5 Å². The normalized spacial score (nSPS) is 15.2. The number of hydrogen-bond donors (Lipinski definition) is 1. The highest BCUT2D eigenvalue weighted by atomic mass is 79.9. The largest absolute Gasteiger partial charge is 0.484 e. The van der Waals surface area contributed by atoms with Crippen LogP contribution in [0.15, 0.2) is 89.8 Å². The number of aromatic nitrogens is 4. The summed E-state index contributed by atoms with van der Waals surface area (Å²) >= 11 is 3.37. The fourth-order valence-electron chi connectivity index (χ4n) is 6.53. The molecule has 0 aliphatic carbocycles. The number of fused-ring (bicyclic) bond motifs is 2. The number of hydrogen-bond acceptors (Lipinski definition) is 14. The van der Waals surface area contributed by atoms with Gasteiger partial charge in [-0.25, -0.2) is 41.1 Å². The Bertz CT molecular complexity index is 2800. The van der Waals surface area contributed by atoms with Crippen LogP contribution in [0.5, 0.6) is 11.5 Å². The first-order valence-corrected chi connectivity index (χ1v) is 24.0. The van der Waals surface area contributed by atoms with Gasteiger partial charge >= 0.3 is 11.9 Å². The van der Waals surface area contributed by atoms with Crippen molar-refractivity contribution in [2.45, 2.75) is 52.7 Å². The molecule has 2 saturated heterocycles. The maximum absolute atomic E-state index is 12.7. The average Bonchev–Trinajstić information content (AvgIpc) is 3.28. The molecule has 2 aliphatic rings. The van der Waals surface area contributed by atoms with E-state index in [-0.39, 0.29) is 35.3 Å². The maximum atomic E-state index is 12.7. The first kappa shape index (κ1) is 46.7. The molecule has 63 heavy (non-hydrogen) atoms. The minimum atomic E-state index is -3.54. The van der Waals surface area contributed by atoms with Gasteiger partial charge in [-0.2, -0.15) is 0 Å². The molecule has 6 aromatic rings. The predicted molar refractivity (Wildman–Crippen MR) is 242 cm³/mol. The first-order chi connectivity index (χ1) is 30.2. The van der Waals surface area contributed by atoms with Crippen LogP contribution in [0, 0.1) is 13.8 Å². The van der Waals surface area contributed by atoms with Crippen molar-refractivity contribution in [2.75, 3.05) is 43.1 Å². The Morgan fingerprint density at radius 2 is 1.19 bits per heavy atom. The number of anilines is 1. The molecule has 1 N–H and O–H groups in total. The Morgan fingerprint density at radius 1 is 0.683 bits per heavy atom. The number of carbonyl (C=O) groups is 2. The standard InChI is InChI=1S/C22H23N3O5S.C18H15BrN2O3.C4H9NO2S/c1-15-7-9-16(10-8-15)14-30-20-18-17(6-5-11-23-18)21(24-19(20)22(26)29-2)25-12-3-4-13-31(25,27)28;1-11-5-7-12(8-6-11)10-24-16-14-13(4-3-9-20-14)17(19)21-15(16)18(22)23-2;6-8(7)4-2-1-3-5-8/h5-11H,3-4,12-14H2,1-2H3;3-9H,10H2,1-2H3;5H,1-4H2. The lowest BCUT2D eigenvalue weighted by atomic mass is 10.1. The van der Waals surface area contributed by atoms with E-state index in [0.717, 1.165) is 34.9 Å². The van der Waals surface area contributed by atoms with Gasteiger partial charge in [0.1, 0.15) is 28.9 Å². The molecule has 0 saturated carbocycles. The van der Waals surface area contributed by atoms with Crippen LogP contribution >= 0.6 is 15.9 Å². The Morgan fingerprint density at radius 3 is 1.67 bits per heavy atom. The van der Waals surface area contributed by atoms with Gasteiger partial charge in [0, 0.05) is 36.3 Å². The van der Waals surface area contributed by atoms with Gasteiger partial charge in [-0.1, -0.05) is 59.7 Å². The fraction of sp³-hybridized carbons (Fsp3) is 0.318. The number of benzene rings is 2. The van der Waals surface area contributed by atoms with Crippen molar-refractivity contribution < 1.29 is 45.4 Å². The lowest BCUT2D eigenvalue weighted by Gasteiger charge is -2.28. The number of rotatable bonds is 9. The zero-order valence-electron chi connectivity index (χ0n) is 35.2. The molecule has 0 radical (unpaired) electrons. The summed E-state index contributed by atoms with van der Waals surface area (Å²) in [5, 5.41) is 1.27. The molecule has 0 atom stereocenters. The third kappa shape index (κ3) is 11.8. The average molecular weight is 964 g/mol. The predicted octanol–water partition coefficient (Wildman–Crippen LogP) is 7.00. The molecule has 16 nitrogen and oxygen atoms in total. The number of nitrogens with one attached hydrogen (secondary N) is 1. The van der Waals surface area contributed by atoms with Gasteiger partial charge in [0.25, 0.3) is 0 Å². The minimum absolute atomic E-state index is 0.0374. The lowest BCUT2D eigenvalue weighted by Crippen LogP contribution is -2.38. The fourth-order valence-corrected chi connectivity index (χ4v) is 9.81. The molecular formula is C44H47BrN6O10S2. The van der Waals surface area contributed by atoms with Crippen LogP contribution in [0.1, 0.15) is 68.9 Å². The van der Waals surface area contributed by atoms with Crippen LogP contribution in [-0.2, 0) is 42.7 Å². The van der Waals surface area contributed by atoms with Crippen LogP contribution < -0.4 is 18.5 Å². The summed E-state index contributed by atoms with van der Waals surface area (Å²) in [7, 11) is -3.82. The van der Waals surface area contributed by atoms with Crippen molar-refractivity contribution in [3.63, 3.8) is 0 Å². The van der Waals surface area contributed by atoms with Crippen molar-refractivity contribution in [2.24, 2.45) is 0 Å². The van der Waals surface area contributed by atoms with E-state index in [4.69, 9.17) is 18.9 Å². The second-order valence-electron chi connectivity index (χ2n) is 14.5. The molecule has 2 aromatic carbocycles. The SMILES string of the molecule is COC(=O)c1nc(Br)c2cccnc2c1OCc1ccc(C)cc1.COC(=O)c1nc(N2CCCCS2(=O)=O)c2cccnc2c1OCc1ccc(C)cc1.O=S1(=O)CCCCN1. The number of pyridine rings is 4. The van der Waals surface area contributed by atoms with Gasteiger partial charge in [0.15, 0.2) is 28.7 Å². The monoisotopic (exact) mass is 962 g/mol. The van der Waals surface area contributed by atoms with Crippen molar-refractivity contribution in [3.8, 4) is 11.5 Å². The second-order valence-corrected chi connectivity index (χ2v) is 19.2. The van der Waals surface area contributed by atoms with Gasteiger partial charge in [-0.05, 0) is 90.9 Å². The highest BCUT2D eigenvalue weighted by Gasteiger charge is 2.32. The number of carbonyl (C=O) groups excluding carboxylic acids is 2. The number of aryl methyl sites for hydroxylation is 2. The maximum Gasteiger partial charge on any atom is 0.360 e. The topological polar surface area (TPSA) is 206 Å². The molecule has 8 rings (SSSR count). The van der Waals surface area contributed by atoms with E-state index >= 15 is 0 Å². The third-order valence-corrected chi connectivity index (χ3v) is 13.8. The molecule has 2 aliphatic heterocycles. The minimum Gasteiger partial charge on any atom is -0.484 e. The Labute approximate surface area is 374 Å². The first-order valence-electron chi connectivity index (χ1n) is 20.0. The zero-order valence-corrected chi connectivity index (χ0v) is 38.4. The van der Waals surface area contributed by atoms with E-state index in [1.807, 2.05) is 68.4 Å². The van der Waals surface area contributed by atoms with Crippen LogP contribution in [0.3, 0.4) is 0 Å². The third-order valence-electron chi connectivity index (χ3n) is 9.88. The zero-order chi connectivity index (χ0) is 45.1. The van der Waals surface area contributed by atoms with E-state index in [9.17, 15) is 26.4 Å². The number of halogens is 1. The number of ether oxygens (including phenoxy) is 4. The molecule has 19 heteroatoms. The Kier molecular flexibility index (Phi) is 15.6. The van der Waals surface area contributed by atoms with Crippen LogP contribution in [0.2, 0.25) is 0 Å². The second kappa shape index (κ2) is 21.1. The van der Waals surface area contributed by atoms with Crippen molar-refractivity contribution in [1.29, 1.82) is 0 Å². The summed E-state index contributed by atoms with van der Waals surface area (Å²) in [6.07, 6.45) is 6.32. The van der Waals surface area contributed by atoms with E-state index in [0.29, 0.717) is 65.1 Å². The molecule has 332 valence electrons. The molecule has 2 fully saturated rings. The van der Waals surface area contributed by atoms with E-state index in [1.54, 1.807) is 30.6 Å². The quantitative estimate of drug-likeness (QED) is 0.114. The molecule has 0 amide bonds. The van der Waals surface area contributed by atoms with Crippen LogP contribution in [0.4, 0.5) is 5.82 Å². The highest BCUT2D eigenvalue weighted by Crippen LogP contribution is 2.37. The number of esters is 2. The molecule has 4 aromatic heterocycles. The van der Waals surface area contributed by atoms with Gasteiger partial charge in [-0.15, -0.1) is 0 Å². The van der Waals surface area contributed by atoms with Gasteiger partial charge in [0.05, 0.1) is 25.7 Å². The Hall–Kier alpha value is -5.76. The lowest BCUT2D eigenvalue weighted by molar-refractivity contribution is 0.0579. The van der Waals surface area contributed by atoms with E-state index in [2.05, 4.69) is 40.6 Å². The van der Waals surface area contributed by atoms with Crippen LogP contribution in [0.25, 0.3) is 21.8 Å². The van der Waals surface area contributed by atoms with E-state index < -0.39 is 32.0 Å². The van der Waals surface area contributed by atoms with Crippen molar-refractivity contribution in [3.05, 3.63) is 123 Å². The summed E-state index contributed by atoms with van der Waals surface area (Å²) in [4.78, 5) is 42.1. The van der Waals surface area contributed by atoms with Crippen molar-refractivity contribution in [1.82, 2.24) is 24.7 Å². The van der Waals surface area contributed by atoms with Gasteiger partial charge in [-0.3, -0.25) is 14.3 Å². The Balaban J connectivity index is 0.000000182. The molecule has 0 unspecified atom stereocenters. The highest BCUT2D eigenvalue weighted by molar-refractivity contribution is 9.10. The number of methoxy groups -OCH3 is 2. The summed E-state index contributed by atoms with van der Waals surface area (Å²) in [6.45, 7) is 5.44. The smallest absolute Gasteiger partial charge is 0.360 e. The summed E-state index contributed by atoms with van der Waals surface area (Å²) < 4.78 is 72.4. The van der Waals surface area contributed by atoms with Gasteiger partial charge < -0.3 is 18.9 Å². The number of nitrogens with zero attached hydrogens (tertiary/aromatic N) is 5.